The first-order chi connectivity index (χ1) is 8.58. The third-order valence-electron chi connectivity index (χ3n) is 3.47. The number of amides is 1. The Morgan fingerprint density at radius 3 is 2.78 bits per heavy atom. The Hall–Kier alpha value is -1.78. The van der Waals surface area contributed by atoms with Gasteiger partial charge in [0.1, 0.15) is 5.76 Å². The number of hydrogen-bond donors (Lipinski definition) is 2. The average Bonchev–Trinajstić information content (AvgIpc) is 2.94. The Labute approximate surface area is 105 Å². The molecule has 0 bridgehead atoms. The average molecular weight is 251 g/mol. The lowest BCUT2D eigenvalue weighted by Gasteiger charge is -2.14. The molecule has 1 aliphatic rings. The largest absolute Gasteiger partial charge is 0.481 e. The van der Waals surface area contributed by atoms with E-state index in [1.807, 2.05) is 6.92 Å². The fourth-order valence-electron chi connectivity index (χ4n) is 2.57. The van der Waals surface area contributed by atoms with E-state index >= 15 is 0 Å². The monoisotopic (exact) mass is 251 g/mol. The third-order valence-corrected chi connectivity index (χ3v) is 3.47. The summed E-state index contributed by atoms with van der Waals surface area (Å²) in [5.41, 5.74) is 0. The zero-order chi connectivity index (χ0) is 13.1. The summed E-state index contributed by atoms with van der Waals surface area (Å²) in [5.74, 6) is -1.10. The number of hydrogen-bond acceptors (Lipinski definition) is 3. The van der Waals surface area contributed by atoms with Crippen molar-refractivity contribution in [1.29, 1.82) is 0 Å². The Balaban J connectivity index is 1.93. The summed E-state index contributed by atoms with van der Waals surface area (Å²) >= 11 is 0. The number of carboxylic acids is 1. The molecule has 1 heterocycles. The molecule has 98 valence electrons. The van der Waals surface area contributed by atoms with Crippen molar-refractivity contribution in [2.24, 2.45) is 17.8 Å². The topological polar surface area (TPSA) is 79.5 Å². The van der Waals surface area contributed by atoms with Gasteiger partial charge in [0, 0.05) is 0 Å². The van der Waals surface area contributed by atoms with Gasteiger partial charge in [0.15, 0.2) is 0 Å². The first kappa shape index (κ1) is 12.7. The lowest BCUT2D eigenvalue weighted by molar-refractivity contribution is -0.146. The first-order valence-corrected chi connectivity index (χ1v) is 6.11. The first-order valence-electron chi connectivity index (χ1n) is 6.11. The predicted octanol–water partition coefficient (Wildman–Crippen LogP) is 1.64. The van der Waals surface area contributed by atoms with E-state index in [1.165, 1.54) is 0 Å². The number of furan rings is 1. The second-order valence-corrected chi connectivity index (χ2v) is 4.92. The van der Waals surface area contributed by atoms with Crippen LogP contribution < -0.4 is 5.32 Å². The number of carbonyl (C=O) groups excluding carboxylic acids is 1. The normalized spacial score (nSPS) is 27.1. The van der Waals surface area contributed by atoms with Crippen LogP contribution in [0.5, 0.6) is 0 Å². The van der Waals surface area contributed by atoms with Crippen molar-refractivity contribution in [3.63, 3.8) is 0 Å². The van der Waals surface area contributed by atoms with Crippen LogP contribution in [0.15, 0.2) is 22.8 Å². The van der Waals surface area contributed by atoms with Crippen LogP contribution in [0.3, 0.4) is 0 Å². The van der Waals surface area contributed by atoms with Crippen LogP contribution in [-0.2, 0) is 16.1 Å². The Bertz CT molecular complexity index is 426. The fourth-order valence-corrected chi connectivity index (χ4v) is 2.57. The van der Waals surface area contributed by atoms with Gasteiger partial charge in [-0.1, -0.05) is 6.92 Å². The smallest absolute Gasteiger partial charge is 0.307 e. The summed E-state index contributed by atoms with van der Waals surface area (Å²) in [4.78, 5) is 23.1. The molecule has 5 heteroatoms. The number of nitrogens with one attached hydrogen (secondary N) is 1. The predicted molar refractivity (Wildman–Crippen MR) is 63.6 cm³/mol. The van der Waals surface area contributed by atoms with Gasteiger partial charge >= 0.3 is 5.97 Å². The SMILES string of the molecule is CC1C[C@H](C(=O)NCc2ccco2)[C@H](C(=O)O)C1. The van der Waals surface area contributed by atoms with Gasteiger partial charge in [0.05, 0.1) is 24.6 Å². The fraction of sp³-hybridized carbons (Fsp3) is 0.538. The van der Waals surface area contributed by atoms with Gasteiger partial charge in [-0.2, -0.15) is 0 Å². The van der Waals surface area contributed by atoms with Crippen LogP contribution in [0.4, 0.5) is 0 Å². The van der Waals surface area contributed by atoms with Gasteiger partial charge in [-0.15, -0.1) is 0 Å². The van der Waals surface area contributed by atoms with E-state index in [0.717, 1.165) is 0 Å². The minimum Gasteiger partial charge on any atom is -0.481 e. The van der Waals surface area contributed by atoms with Crippen molar-refractivity contribution >= 4 is 11.9 Å². The molecule has 1 aromatic heterocycles. The van der Waals surface area contributed by atoms with Crippen molar-refractivity contribution in [2.75, 3.05) is 0 Å². The van der Waals surface area contributed by atoms with Crippen molar-refractivity contribution < 1.29 is 19.1 Å². The summed E-state index contributed by atoms with van der Waals surface area (Å²) in [7, 11) is 0. The van der Waals surface area contributed by atoms with Gasteiger partial charge in [-0.3, -0.25) is 9.59 Å². The quantitative estimate of drug-likeness (QED) is 0.852. The molecule has 2 rings (SSSR count). The van der Waals surface area contributed by atoms with E-state index < -0.39 is 17.8 Å². The third kappa shape index (κ3) is 2.72. The van der Waals surface area contributed by atoms with Gasteiger partial charge < -0.3 is 14.8 Å². The molecule has 0 radical (unpaired) electrons. The summed E-state index contributed by atoms with van der Waals surface area (Å²) in [6, 6.07) is 3.52. The second kappa shape index (κ2) is 5.25. The highest BCUT2D eigenvalue weighted by Gasteiger charge is 2.41. The summed E-state index contributed by atoms with van der Waals surface area (Å²) in [5, 5.41) is 11.8. The summed E-state index contributed by atoms with van der Waals surface area (Å²) < 4.78 is 5.11. The van der Waals surface area contributed by atoms with Crippen LogP contribution in [0, 0.1) is 17.8 Å². The van der Waals surface area contributed by atoms with Crippen molar-refractivity contribution in [2.45, 2.75) is 26.3 Å². The minimum atomic E-state index is -0.877. The highest BCUT2D eigenvalue weighted by atomic mass is 16.4. The van der Waals surface area contributed by atoms with Gasteiger partial charge in [0.25, 0.3) is 0 Å². The van der Waals surface area contributed by atoms with Crippen LogP contribution in [0.2, 0.25) is 0 Å². The van der Waals surface area contributed by atoms with Crippen LogP contribution >= 0.6 is 0 Å². The van der Waals surface area contributed by atoms with E-state index in [0.29, 0.717) is 25.1 Å². The van der Waals surface area contributed by atoms with Crippen molar-refractivity contribution in [3.05, 3.63) is 24.2 Å². The molecule has 0 aliphatic heterocycles. The molecule has 18 heavy (non-hydrogen) atoms. The van der Waals surface area contributed by atoms with Crippen molar-refractivity contribution in [1.82, 2.24) is 5.32 Å². The maximum atomic E-state index is 12.0. The molecule has 1 fully saturated rings. The molecule has 0 saturated heterocycles. The molecule has 1 aliphatic carbocycles. The molecular formula is C13H17NO4. The van der Waals surface area contributed by atoms with Gasteiger partial charge in [0.2, 0.25) is 5.91 Å². The number of rotatable bonds is 4. The maximum Gasteiger partial charge on any atom is 0.307 e. The molecule has 1 amide bonds. The molecule has 2 N–H and O–H groups in total. The highest BCUT2D eigenvalue weighted by molar-refractivity contribution is 5.85. The highest BCUT2D eigenvalue weighted by Crippen LogP contribution is 2.36. The Morgan fingerprint density at radius 1 is 1.44 bits per heavy atom. The molecular weight excluding hydrogens is 234 g/mol. The molecule has 0 spiro atoms. The van der Waals surface area contributed by atoms with Gasteiger partial charge in [-0.05, 0) is 30.9 Å². The van der Waals surface area contributed by atoms with E-state index in [1.54, 1.807) is 18.4 Å². The zero-order valence-electron chi connectivity index (χ0n) is 10.3. The Morgan fingerprint density at radius 2 is 2.17 bits per heavy atom. The van der Waals surface area contributed by atoms with E-state index in [2.05, 4.69) is 5.32 Å². The molecule has 1 unspecified atom stereocenters. The maximum absolute atomic E-state index is 12.0. The Kier molecular flexibility index (Phi) is 3.69. The number of carbonyl (C=O) groups is 2. The van der Waals surface area contributed by atoms with E-state index in [-0.39, 0.29) is 11.8 Å². The molecule has 3 atom stereocenters. The van der Waals surface area contributed by atoms with Crippen LogP contribution in [0.25, 0.3) is 0 Å². The number of carboxylic acid groups (broad SMARTS) is 1. The van der Waals surface area contributed by atoms with Crippen molar-refractivity contribution in [3.8, 4) is 0 Å². The van der Waals surface area contributed by atoms with Crippen LogP contribution in [0.1, 0.15) is 25.5 Å². The van der Waals surface area contributed by atoms with Crippen LogP contribution in [-0.4, -0.2) is 17.0 Å². The number of aliphatic carboxylic acids is 1. The molecule has 1 saturated carbocycles. The van der Waals surface area contributed by atoms with E-state index in [4.69, 9.17) is 9.52 Å². The zero-order valence-corrected chi connectivity index (χ0v) is 10.3. The van der Waals surface area contributed by atoms with E-state index in [9.17, 15) is 9.59 Å². The molecule has 5 nitrogen and oxygen atoms in total. The lowest BCUT2D eigenvalue weighted by atomic mass is 9.95. The second-order valence-electron chi connectivity index (χ2n) is 4.92. The lowest BCUT2D eigenvalue weighted by Crippen LogP contribution is -2.34. The van der Waals surface area contributed by atoms with Gasteiger partial charge in [-0.25, -0.2) is 0 Å². The molecule has 0 aromatic carbocycles. The standard InChI is InChI=1S/C13H17NO4/c1-8-5-10(11(6-8)13(16)17)12(15)14-7-9-3-2-4-18-9/h2-4,8,10-11H,5-7H2,1H3,(H,14,15)(H,16,17)/t8?,10-,11+/m0/s1. The molecule has 1 aromatic rings. The summed E-state index contributed by atoms with van der Waals surface area (Å²) in [6.45, 7) is 2.29. The minimum absolute atomic E-state index is 0.192. The summed E-state index contributed by atoms with van der Waals surface area (Å²) in [6.07, 6.45) is 2.76.